The molecule has 0 aliphatic carbocycles. The highest BCUT2D eigenvalue weighted by atomic mass is 35.5. The molecule has 33 heavy (non-hydrogen) atoms. The lowest BCUT2D eigenvalue weighted by molar-refractivity contribution is -0.123. The van der Waals surface area contributed by atoms with Crippen LogP contribution in [0.25, 0.3) is 11.0 Å². The van der Waals surface area contributed by atoms with Crippen LogP contribution in [-0.4, -0.2) is 28.7 Å². The Morgan fingerprint density at radius 3 is 2.58 bits per heavy atom. The molecule has 0 aliphatic rings. The van der Waals surface area contributed by atoms with Crippen LogP contribution in [0.3, 0.4) is 0 Å². The third-order valence-electron chi connectivity index (χ3n) is 5.28. The topological polar surface area (TPSA) is 65.4 Å². The Bertz CT molecular complexity index is 1240. The number of nitrogens with zero attached hydrogens (tertiary/aromatic N) is 2. The number of aryl methyl sites for hydroxylation is 1. The highest BCUT2D eigenvalue weighted by Gasteiger charge is 2.18. The molecule has 1 heterocycles. The van der Waals surface area contributed by atoms with Crippen molar-refractivity contribution in [3.63, 3.8) is 0 Å². The standard InChI is InChI=1S/C26H26ClN3O3/c1-18-16-21(12-13-22(18)27)32-15-14-30-24-11-7-6-10-23(24)29-26(30)19(2)28-25(31)17-33-20-8-4-3-5-9-20/h3-13,16,19H,14-15,17H2,1-2H3,(H,28,31). The van der Waals surface area contributed by atoms with Crippen molar-refractivity contribution >= 4 is 28.5 Å². The van der Waals surface area contributed by atoms with Gasteiger partial charge in [-0.15, -0.1) is 0 Å². The number of hydrogen-bond acceptors (Lipinski definition) is 4. The zero-order valence-electron chi connectivity index (χ0n) is 18.6. The third-order valence-corrected chi connectivity index (χ3v) is 5.70. The molecule has 0 bridgehead atoms. The summed E-state index contributed by atoms with van der Waals surface area (Å²) in [7, 11) is 0. The molecule has 0 spiro atoms. The van der Waals surface area contributed by atoms with Gasteiger partial charge in [-0.1, -0.05) is 41.9 Å². The second kappa shape index (κ2) is 10.4. The summed E-state index contributed by atoms with van der Waals surface area (Å²) in [6.45, 7) is 4.84. The van der Waals surface area contributed by atoms with Gasteiger partial charge in [0, 0.05) is 5.02 Å². The summed E-state index contributed by atoms with van der Waals surface area (Å²) < 4.78 is 13.6. The SMILES string of the molecule is Cc1cc(OCCn2c(C(C)NC(=O)COc3ccccc3)nc3ccccc32)ccc1Cl. The highest BCUT2D eigenvalue weighted by Crippen LogP contribution is 2.23. The summed E-state index contributed by atoms with van der Waals surface area (Å²) in [4.78, 5) is 17.2. The summed E-state index contributed by atoms with van der Waals surface area (Å²) >= 11 is 6.10. The summed E-state index contributed by atoms with van der Waals surface area (Å²) in [5.41, 5.74) is 2.83. The second-order valence-electron chi connectivity index (χ2n) is 7.76. The molecule has 1 N–H and O–H groups in total. The molecule has 0 saturated carbocycles. The number of para-hydroxylation sites is 3. The number of nitrogens with one attached hydrogen (secondary N) is 1. The quantitative estimate of drug-likeness (QED) is 0.364. The molecule has 1 atom stereocenters. The molecular weight excluding hydrogens is 438 g/mol. The van der Waals surface area contributed by atoms with Crippen LogP contribution < -0.4 is 14.8 Å². The van der Waals surface area contributed by atoms with Gasteiger partial charge in [0.15, 0.2) is 6.61 Å². The Labute approximate surface area is 198 Å². The van der Waals surface area contributed by atoms with Gasteiger partial charge < -0.3 is 19.4 Å². The van der Waals surface area contributed by atoms with Gasteiger partial charge in [0.25, 0.3) is 5.91 Å². The van der Waals surface area contributed by atoms with Gasteiger partial charge in [-0.2, -0.15) is 0 Å². The number of halogens is 1. The van der Waals surface area contributed by atoms with Crippen LogP contribution in [0.4, 0.5) is 0 Å². The molecule has 1 unspecified atom stereocenters. The fourth-order valence-corrected chi connectivity index (χ4v) is 3.75. The van der Waals surface area contributed by atoms with Gasteiger partial charge in [-0.3, -0.25) is 4.79 Å². The number of carbonyl (C=O) groups excluding carboxylic acids is 1. The van der Waals surface area contributed by atoms with Crippen molar-refractivity contribution < 1.29 is 14.3 Å². The van der Waals surface area contributed by atoms with E-state index in [1.54, 1.807) is 0 Å². The number of imidazole rings is 1. The lowest BCUT2D eigenvalue weighted by Gasteiger charge is -2.17. The monoisotopic (exact) mass is 463 g/mol. The van der Waals surface area contributed by atoms with Crippen molar-refractivity contribution in [1.82, 2.24) is 14.9 Å². The number of benzene rings is 3. The molecule has 6 nitrogen and oxygen atoms in total. The first kappa shape index (κ1) is 22.7. The van der Waals surface area contributed by atoms with Gasteiger partial charge in [0.1, 0.15) is 23.9 Å². The molecular formula is C26H26ClN3O3. The highest BCUT2D eigenvalue weighted by molar-refractivity contribution is 6.31. The Balaban J connectivity index is 1.44. The smallest absolute Gasteiger partial charge is 0.258 e. The van der Waals surface area contributed by atoms with Gasteiger partial charge in [-0.25, -0.2) is 4.98 Å². The van der Waals surface area contributed by atoms with E-state index in [2.05, 4.69) is 9.88 Å². The minimum Gasteiger partial charge on any atom is -0.492 e. The molecule has 1 amide bonds. The average Bonchev–Trinajstić information content (AvgIpc) is 3.19. The lowest BCUT2D eigenvalue weighted by atomic mass is 10.2. The Kier molecular flexibility index (Phi) is 7.15. The fraction of sp³-hybridized carbons (Fsp3) is 0.231. The van der Waals surface area contributed by atoms with Crippen LogP contribution in [0.1, 0.15) is 24.4 Å². The van der Waals surface area contributed by atoms with Crippen LogP contribution in [0, 0.1) is 6.92 Å². The Morgan fingerprint density at radius 2 is 1.79 bits per heavy atom. The number of amides is 1. The molecule has 3 aromatic carbocycles. The van der Waals surface area contributed by atoms with E-state index < -0.39 is 0 Å². The van der Waals surface area contributed by atoms with E-state index in [0.29, 0.717) is 23.9 Å². The first-order valence-electron chi connectivity index (χ1n) is 10.8. The molecule has 4 aromatic rings. The van der Waals surface area contributed by atoms with Crippen molar-refractivity contribution in [2.75, 3.05) is 13.2 Å². The minimum absolute atomic E-state index is 0.0619. The number of aromatic nitrogens is 2. The second-order valence-corrected chi connectivity index (χ2v) is 8.17. The molecule has 0 saturated heterocycles. The number of hydrogen-bond donors (Lipinski definition) is 1. The summed E-state index contributed by atoms with van der Waals surface area (Å²) in [6.07, 6.45) is 0. The molecule has 0 radical (unpaired) electrons. The number of ether oxygens (including phenoxy) is 2. The molecule has 0 aliphatic heterocycles. The fourth-order valence-electron chi connectivity index (χ4n) is 3.63. The van der Waals surface area contributed by atoms with Gasteiger partial charge in [0.2, 0.25) is 0 Å². The number of rotatable bonds is 9. The molecule has 1 aromatic heterocycles. The van der Waals surface area contributed by atoms with E-state index in [1.807, 2.05) is 86.6 Å². The van der Waals surface area contributed by atoms with Crippen LogP contribution in [0.15, 0.2) is 72.8 Å². The van der Waals surface area contributed by atoms with Crippen molar-refractivity contribution in [1.29, 1.82) is 0 Å². The molecule has 170 valence electrons. The average molecular weight is 464 g/mol. The zero-order chi connectivity index (χ0) is 23.2. The molecule has 4 rings (SSSR count). The van der Waals surface area contributed by atoms with E-state index in [1.165, 1.54) is 0 Å². The number of fused-ring (bicyclic) bond motifs is 1. The van der Waals surface area contributed by atoms with Gasteiger partial charge in [0.05, 0.1) is 23.6 Å². The zero-order valence-corrected chi connectivity index (χ0v) is 19.4. The summed E-state index contributed by atoms with van der Waals surface area (Å²) in [5.74, 6) is 1.97. The minimum atomic E-state index is -0.304. The molecule has 0 fully saturated rings. The summed E-state index contributed by atoms with van der Waals surface area (Å²) in [5, 5.41) is 3.70. The predicted octanol–water partition coefficient (Wildman–Crippen LogP) is 5.33. The van der Waals surface area contributed by atoms with Crippen molar-refractivity contribution in [2.24, 2.45) is 0 Å². The van der Waals surface area contributed by atoms with E-state index in [-0.39, 0.29) is 18.6 Å². The van der Waals surface area contributed by atoms with Crippen molar-refractivity contribution in [3.8, 4) is 11.5 Å². The van der Waals surface area contributed by atoms with E-state index in [0.717, 1.165) is 28.2 Å². The maximum Gasteiger partial charge on any atom is 0.258 e. The van der Waals surface area contributed by atoms with E-state index in [4.69, 9.17) is 26.1 Å². The van der Waals surface area contributed by atoms with Crippen LogP contribution >= 0.6 is 11.6 Å². The van der Waals surface area contributed by atoms with Crippen LogP contribution in [-0.2, 0) is 11.3 Å². The lowest BCUT2D eigenvalue weighted by Crippen LogP contribution is -2.33. The van der Waals surface area contributed by atoms with Gasteiger partial charge in [-0.05, 0) is 61.9 Å². The summed E-state index contributed by atoms with van der Waals surface area (Å²) in [6, 6.07) is 22.5. The first-order chi connectivity index (χ1) is 16.0. The van der Waals surface area contributed by atoms with Crippen LogP contribution in [0.2, 0.25) is 5.02 Å². The van der Waals surface area contributed by atoms with Crippen molar-refractivity contribution in [3.05, 3.63) is 89.2 Å². The van der Waals surface area contributed by atoms with Crippen molar-refractivity contribution in [2.45, 2.75) is 26.4 Å². The van der Waals surface area contributed by atoms with Crippen LogP contribution in [0.5, 0.6) is 11.5 Å². The van der Waals surface area contributed by atoms with E-state index in [9.17, 15) is 4.79 Å². The maximum atomic E-state index is 12.5. The molecule has 7 heteroatoms. The predicted molar refractivity (Wildman–Crippen MR) is 130 cm³/mol. The Morgan fingerprint density at radius 1 is 1.03 bits per heavy atom. The van der Waals surface area contributed by atoms with Gasteiger partial charge >= 0.3 is 0 Å². The number of carbonyl (C=O) groups is 1. The maximum absolute atomic E-state index is 12.5. The largest absolute Gasteiger partial charge is 0.492 e. The third kappa shape index (κ3) is 5.65. The Hall–Kier alpha value is -3.51. The normalized spacial score (nSPS) is 11.8. The van der Waals surface area contributed by atoms with E-state index >= 15 is 0 Å². The first-order valence-corrected chi connectivity index (χ1v) is 11.2.